The summed E-state index contributed by atoms with van der Waals surface area (Å²) in [5.74, 6) is -0.00707. The van der Waals surface area contributed by atoms with E-state index >= 15 is 0 Å². The largest absolute Gasteiger partial charge is 0.466 e. The van der Waals surface area contributed by atoms with Crippen LogP contribution in [0.2, 0.25) is 0 Å². The molecule has 0 aliphatic carbocycles. The summed E-state index contributed by atoms with van der Waals surface area (Å²) in [5, 5.41) is 23.4. The molecule has 0 heterocycles. The Morgan fingerprint density at radius 2 is 0.573 bits per heavy atom. The molecular formula is C76H149NO5. The van der Waals surface area contributed by atoms with Gasteiger partial charge in [0, 0.05) is 12.8 Å². The number of esters is 1. The zero-order chi connectivity index (χ0) is 59.2. The maximum atomic E-state index is 12.6. The first-order valence-electron chi connectivity index (χ1n) is 37.9. The van der Waals surface area contributed by atoms with Gasteiger partial charge in [0.1, 0.15) is 0 Å². The van der Waals surface area contributed by atoms with Crippen LogP contribution in [0.5, 0.6) is 0 Å². The monoisotopic (exact) mass is 1160 g/mol. The Bertz CT molecular complexity index is 1240. The second-order valence-corrected chi connectivity index (χ2v) is 26.3. The lowest BCUT2D eigenvalue weighted by atomic mass is 10.0. The maximum absolute atomic E-state index is 12.6. The molecule has 0 rings (SSSR count). The van der Waals surface area contributed by atoms with Crippen molar-refractivity contribution in [3.05, 3.63) is 12.2 Å². The van der Waals surface area contributed by atoms with Crippen molar-refractivity contribution in [3.63, 3.8) is 0 Å². The zero-order valence-corrected chi connectivity index (χ0v) is 56.0. The van der Waals surface area contributed by atoms with Gasteiger partial charge < -0.3 is 20.3 Å². The summed E-state index contributed by atoms with van der Waals surface area (Å²) >= 11 is 0. The number of rotatable bonds is 72. The predicted octanol–water partition coefficient (Wildman–Crippen LogP) is 24.7. The molecule has 0 aromatic heterocycles. The van der Waals surface area contributed by atoms with Crippen LogP contribution < -0.4 is 5.32 Å². The highest BCUT2D eigenvalue weighted by molar-refractivity contribution is 5.76. The number of amides is 1. The summed E-state index contributed by atoms with van der Waals surface area (Å²) in [6.45, 7) is 5.01. The number of hydrogen-bond donors (Lipinski definition) is 3. The summed E-state index contributed by atoms with van der Waals surface area (Å²) in [6, 6.07) is -0.541. The Morgan fingerprint density at radius 1 is 0.329 bits per heavy atom. The van der Waals surface area contributed by atoms with Crippen molar-refractivity contribution in [1.29, 1.82) is 0 Å². The fourth-order valence-corrected chi connectivity index (χ4v) is 12.3. The number of carbonyl (C=O) groups is 2. The molecule has 82 heavy (non-hydrogen) atoms. The summed E-state index contributed by atoms with van der Waals surface area (Å²) in [5.41, 5.74) is 0. The second kappa shape index (κ2) is 72.1. The molecule has 1 amide bonds. The number of carbonyl (C=O) groups excluding carboxylic acids is 2. The van der Waals surface area contributed by atoms with Gasteiger partial charge in [-0.2, -0.15) is 0 Å². The molecule has 2 unspecified atom stereocenters. The summed E-state index contributed by atoms with van der Waals surface area (Å²) in [6.07, 6.45) is 90.0. The number of unbranched alkanes of at least 4 members (excludes halogenated alkanes) is 59. The van der Waals surface area contributed by atoms with E-state index in [2.05, 4.69) is 31.3 Å². The molecule has 0 aromatic carbocycles. The first kappa shape index (κ1) is 80.6. The van der Waals surface area contributed by atoms with E-state index in [4.69, 9.17) is 4.74 Å². The zero-order valence-electron chi connectivity index (χ0n) is 56.0. The van der Waals surface area contributed by atoms with E-state index in [9.17, 15) is 19.8 Å². The number of aliphatic hydroxyl groups excluding tert-OH is 2. The highest BCUT2D eigenvalue weighted by atomic mass is 16.5. The van der Waals surface area contributed by atoms with Crippen LogP contribution in [0.4, 0.5) is 0 Å². The summed E-state index contributed by atoms with van der Waals surface area (Å²) in [4.78, 5) is 24.6. The number of allylic oxidation sites excluding steroid dienone is 2. The lowest BCUT2D eigenvalue weighted by Crippen LogP contribution is -2.45. The third-order valence-corrected chi connectivity index (χ3v) is 18.1. The Labute approximate surface area is 514 Å². The van der Waals surface area contributed by atoms with Gasteiger partial charge >= 0.3 is 5.97 Å². The van der Waals surface area contributed by atoms with Gasteiger partial charge in [-0.3, -0.25) is 9.59 Å². The molecule has 6 nitrogen and oxygen atoms in total. The van der Waals surface area contributed by atoms with Crippen molar-refractivity contribution >= 4 is 11.9 Å². The highest BCUT2D eigenvalue weighted by Gasteiger charge is 2.20. The van der Waals surface area contributed by atoms with Crippen molar-refractivity contribution in [3.8, 4) is 0 Å². The van der Waals surface area contributed by atoms with E-state index in [-0.39, 0.29) is 18.5 Å². The minimum absolute atomic E-state index is 0.0212. The highest BCUT2D eigenvalue weighted by Crippen LogP contribution is 2.20. The van der Waals surface area contributed by atoms with Gasteiger partial charge in [0.15, 0.2) is 0 Å². The maximum Gasteiger partial charge on any atom is 0.305 e. The normalized spacial score (nSPS) is 12.5. The minimum atomic E-state index is -0.664. The van der Waals surface area contributed by atoms with E-state index < -0.39 is 12.1 Å². The second-order valence-electron chi connectivity index (χ2n) is 26.3. The van der Waals surface area contributed by atoms with Crippen molar-refractivity contribution in [2.45, 2.75) is 450 Å². The predicted molar refractivity (Wildman–Crippen MR) is 361 cm³/mol. The van der Waals surface area contributed by atoms with Crippen LogP contribution in [0.1, 0.15) is 438 Å². The Balaban J connectivity index is 3.35. The summed E-state index contributed by atoms with van der Waals surface area (Å²) < 4.78 is 5.50. The van der Waals surface area contributed by atoms with Crippen LogP contribution in [0.3, 0.4) is 0 Å². The van der Waals surface area contributed by atoms with Crippen molar-refractivity contribution in [2.24, 2.45) is 0 Å². The fraction of sp³-hybridized carbons (Fsp3) is 0.947. The molecule has 0 aromatic rings. The fourth-order valence-electron chi connectivity index (χ4n) is 12.3. The Morgan fingerprint density at radius 3 is 0.866 bits per heavy atom. The van der Waals surface area contributed by atoms with E-state index in [0.717, 1.165) is 38.5 Å². The standard InChI is InChI=1S/C76H149NO5/c1-3-5-7-9-11-13-15-17-19-20-21-34-37-41-44-48-52-56-60-64-68-74(79)73(72-78)77-75(80)69-65-61-57-53-49-45-42-38-35-32-30-28-26-24-22-23-25-27-29-31-33-36-39-43-47-51-55-59-63-67-71-82-76(81)70-66-62-58-54-50-46-40-18-16-14-12-10-8-6-4-2/h23,25,73-74,78-79H,3-22,24,26-72H2,1-2H3,(H,77,80)/b25-23-. The third-order valence-electron chi connectivity index (χ3n) is 18.1. The van der Waals surface area contributed by atoms with Crippen LogP contribution in [0, 0.1) is 0 Å². The van der Waals surface area contributed by atoms with Gasteiger partial charge in [-0.05, 0) is 51.4 Å². The van der Waals surface area contributed by atoms with Gasteiger partial charge in [0.2, 0.25) is 5.91 Å². The Hall–Kier alpha value is -1.40. The first-order chi connectivity index (χ1) is 40.5. The quantitative estimate of drug-likeness (QED) is 0.0320. The first-order valence-corrected chi connectivity index (χ1v) is 37.9. The van der Waals surface area contributed by atoms with E-state index in [1.54, 1.807) is 0 Å². The molecule has 0 saturated heterocycles. The lowest BCUT2D eigenvalue weighted by Gasteiger charge is -2.22. The van der Waals surface area contributed by atoms with Crippen LogP contribution >= 0.6 is 0 Å². The number of aliphatic hydroxyl groups is 2. The van der Waals surface area contributed by atoms with Crippen molar-refractivity contribution in [2.75, 3.05) is 13.2 Å². The van der Waals surface area contributed by atoms with E-state index in [1.165, 1.54) is 366 Å². The van der Waals surface area contributed by atoms with Crippen LogP contribution in [0.15, 0.2) is 12.2 Å². The lowest BCUT2D eigenvalue weighted by molar-refractivity contribution is -0.143. The minimum Gasteiger partial charge on any atom is -0.466 e. The summed E-state index contributed by atoms with van der Waals surface area (Å²) in [7, 11) is 0. The average Bonchev–Trinajstić information content (AvgIpc) is 3.48. The topological polar surface area (TPSA) is 95.9 Å². The SMILES string of the molecule is CCCCCCCCCCCCCCCCCCCCCCC(O)C(CO)NC(=O)CCCCCCCCCCCCCCCC/C=C\CCCCCCCCCCCCCCOC(=O)CCCCCCCCCCCCCCCCC. The van der Waals surface area contributed by atoms with E-state index in [1.807, 2.05) is 0 Å². The smallest absolute Gasteiger partial charge is 0.305 e. The van der Waals surface area contributed by atoms with Crippen LogP contribution in [-0.4, -0.2) is 47.4 Å². The molecule has 0 radical (unpaired) electrons. The van der Waals surface area contributed by atoms with Crippen molar-refractivity contribution in [1.82, 2.24) is 5.32 Å². The Kier molecular flexibility index (Phi) is 70.8. The third kappa shape index (κ3) is 67.7. The molecule has 2 atom stereocenters. The number of hydrogen-bond acceptors (Lipinski definition) is 5. The molecule has 3 N–H and O–H groups in total. The average molecular weight is 1160 g/mol. The van der Waals surface area contributed by atoms with Gasteiger partial charge in [-0.25, -0.2) is 0 Å². The molecule has 488 valence electrons. The molecule has 6 heteroatoms. The van der Waals surface area contributed by atoms with Gasteiger partial charge in [0.25, 0.3) is 0 Å². The molecule has 0 aliphatic rings. The number of nitrogens with one attached hydrogen (secondary N) is 1. The van der Waals surface area contributed by atoms with Gasteiger partial charge in [-0.15, -0.1) is 0 Å². The van der Waals surface area contributed by atoms with Crippen LogP contribution in [0.25, 0.3) is 0 Å². The van der Waals surface area contributed by atoms with E-state index in [0.29, 0.717) is 25.9 Å². The van der Waals surface area contributed by atoms with Crippen LogP contribution in [-0.2, 0) is 14.3 Å². The van der Waals surface area contributed by atoms with Gasteiger partial charge in [0.05, 0.1) is 25.4 Å². The molecule has 0 aliphatic heterocycles. The molecule has 0 bridgehead atoms. The van der Waals surface area contributed by atoms with Gasteiger partial charge in [-0.1, -0.05) is 386 Å². The number of ether oxygens (including phenoxy) is 1. The molecule has 0 fully saturated rings. The van der Waals surface area contributed by atoms with Crippen molar-refractivity contribution < 1.29 is 24.5 Å². The molecule has 0 spiro atoms. The molecular weight excluding hydrogens is 1010 g/mol. The molecule has 0 saturated carbocycles.